The van der Waals surface area contributed by atoms with Crippen LogP contribution in [0.25, 0.3) is 33.1 Å². The number of nitrogens with zero attached hydrogens (tertiary/aromatic N) is 1. The minimum Gasteiger partial charge on any atom is -0.389 e. The molecule has 34 heavy (non-hydrogen) atoms. The van der Waals surface area contributed by atoms with E-state index in [2.05, 4.69) is 15.3 Å². The zero-order valence-corrected chi connectivity index (χ0v) is 20.8. The fraction of sp³-hybridized carbons (Fsp3) is 0.308. The van der Waals surface area contributed by atoms with Crippen molar-refractivity contribution in [2.24, 2.45) is 0 Å². The van der Waals surface area contributed by atoms with Crippen LogP contribution in [0.15, 0.2) is 47.5 Å². The number of fused-ring (bicyclic) bond motifs is 3. The van der Waals surface area contributed by atoms with Gasteiger partial charge in [-0.15, -0.1) is 0 Å². The van der Waals surface area contributed by atoms with Gasteiger partial charge in [-0.3, -0.25) is 4.79 Å². The summed E-state index contributed by atoms with van der Waals surface area (Å²) >= 11 is 0. The monoisotopic (exact) mass is 479 g/mol. The van der Waals surface area contributed by atoms with Crippen LogP contribution >= 0.6 is 0 Å². The zero-order valence-electron chi connectivity index (χ0n) is 20.0. The summed E-state index contributed by atoms with van der Waals surface area (Å²) in [5.41, 5.74) is 4.02. The van der Waals surface area contributed by atoms with E-state index in [1.54, 1.807) is 51.2 Å². The fourth-order valence-electron chi connectivity index (χ4n) is 4.07. The molecule has 0 spiro atoms. The SMILES string of the molecule is CCS(=O)(=O)c1cccc(-c2cc(C(=O)NCC(C)(C)O)c(C)c3[nH]c4ncc(C)cc4c23)c1. The lowest BCUT2D eigenvalue weighted by Crippen LogP contribution is -2.38. The molecule has 2 aromatic heterocycles. The first-order valence-corrected chi connectivity index (χ1v) is 12.8. The standard InChI is InChI=1S/C26H29N3O4S/c1-6-34(32,33)18-9-7-8-17(11-18)20-12-19(25(30)28-14-26(4,5)31)16(3)23-22(20)21-10-15(2)13-27-24(21)29-23/h7-13,31H,6,14H2,1-5H3,(H,27,29)(H,28,30). The molecule has 8 heteroatoms. The van der Waals surface area contributed by atoms with Crippen LogP contribution in [0.1, 0.15) is 42.3 Å². The molecule has 0 aliphatic carbocycles. The predicted molar refractivity (Wildman–Crippen MR) is 135 cm³/mol. The number of H-pyrrole nitrogens is 1. The first kappa shape index (κ1) is 23.9. The molecular formula is C26H29N3O4S. The van der Waals surface area contributed by atoms with Crippen molar-refractivity contribution >= 4 is 37.7 Å². The third-order valence-electron chi connectivity index (χ3n) is 5.93. The van der Waals surface area contributed by atoms with E-state index in [0.29, 0.717) is 16.8 Å². The Balaban J connectivity index is 2.02. The maximum absolute atomic E-state index is 13.1. The zero-order chi connectivity index (χ0) is 24.8. The molecule has 0 aliphatic heterocycles. The average molecular weight is 480 g/mol. The molecule has 0 unspecified atom stereocenters. The van der Waals surface area contributed by atoms with E-state index >= 15 is 0 Å². The number of aryl methyl sites for hydroxylation is 2. The Morgan fingerprint density at radius 3 is 2.59 bits per heavy atom. The van der Waals surface area contributed by atoms with Gasteiger partial charge in [-0.05, 0) is 74.2 Å². The van der Waals surface area contributed by atoms with Crippen LogP contribution in [-0.2, 0) is 9.84 Å². The van der Waals surface area contributed by atoms with E-state index in [9.17, 15) is 18.3 Å². The number of nitrogens with one attached hydrogen (secondary N) is 2. The Kier molecular flexibility index (Phi) is 5.99. The van der Waals surface area contributed by atoms with Gasteiger partial charge in [-0.2, -0.15) is 0 Å². The third-order valence-corrected chi connectivity index (χ3v) is 7.67. The number of benzene rings is 2. The molecule has 2 aromatic carbocycles. The molecule has 2 heterocycles. The van der Waals surface area contributed by atoms with Crippen LogP contribution in [0.4, 0.5) is 0 Å². The van der Waals surface area contributed by atoms with Gasteiger partial charge in [0.1, 0.15) is 5.65 Å². The summed E-state index contributed by atoms with van der Waals surface area (Å²) in [6, 6.07) is 10.6. The van der Waals surface area contributed by atoms with Crippen molar-refractivity contribution in [3.8, 4) is 11.1 Å². The molecule has 1 amide bonds. The van der Waals surface area contributed by atoms with Gasteiger partial charge >= 0.3 is 0 Å². The van der Waals surface area contributed by atoms with Crippen molar-refractivity contribution in [1.82, 2.24) is 15.3 Å². The Morgan fingerprint density at radius 2 is 1.91 bits per heavy atom. The van der Waals surface area contributed by atoms with Crippen LogP contribution in [-0.4, -0.2) is 47.3 Å². The van der Waals surface area contributed by atoms with Gasteiger partial charge in [0.25, 0.3) is 5.91 Å². The lowest BCUT2D eigenvalue weighted by Gasteiger charge is -2.19. The summed E-state index contributed by atoms with van der Waals surface area (Å²) in [4.78, 5) is 21.2. The maximum atomic E-state index is 13.1. The number of carbonyl (C=O) groups excluding carboxylic acids is 1. The van der Waals surface area contributed by atoms with E-state index in [4.69, 9.17) is 0 Å². The highest BCUT2D eigenvalue weighted by molar-refractivity contribution is 7.91. The first-order chi connectivity index (χ1) is 15.9. The molecule has 0 aliphatic rings. The van der Waals surface area contributed by atoms with Gasteiger partial charge in [0, 0.05) is 29.1 Å². The van der Waals surface area contributed by atoms with Gasteiger partial charge in [0.2, 0.25) is 0 Å². The summed E-state index contributed by atoms with van der Waals surface area (Å²) in [6.45, 7) is 8.79. The second kappa shape index (κ2) is 8.52. The largest absolute Gasteiger partial charge is 0.389 e. The van der Waals surface area contributed by atoms with Crippen LogP contribution in [0.2, 0.25) is 0 Å². The number of aliphatic hydroxyl groups is 1. The van der Waals surface area contributed by atoms with E-state index in [-0.39, 0.29) is 23.1 Å². The average Bonchev–Trinajstić information content (AvgIpc) is 3.17. The second-order valence-electron chi connectivity index (χ2n) is 9.31. The molecule has 4 aromatic rings. The van der Waals surface area contributed by atoms with Gasteiger partial charge in [-0.1, -0.05) is 19.1 Å². The minimum absolute atomic E-state index is 0.000559. The third kappa shape index (κ3) is 4.43. The summed E-state index contributed by atoms with van der Waals surface area (Å²) in [5.74, 6) is -0.316. The lowest BCUT2D eigenvalue weighted by molar-refractivity contribution is 0.0694. The first-order valence-electron chi connectivity index (χ1n) is 11.2. The van der Waals surface area contributed by atoms with E-state index in [0.717, 1.165) is 33.0 Å². The van der Waals surface area contributed by atoms with Crippen molar-refractivity contribution in [2.45, 2.75) is 45.1 Å². The lowest BCUT2D eigenvalue weighted by atomic mass is 9.93. The summed E-state index contributed by atoms with van der Waals surface area (Å²) in [5, 5.41) is 14.6. The number of sulfone groups is 1. The van der Waals surface area contributed by atoms with Crippen LogP contribution in [0.5, 0.6) is 0 Å². The summed E-state index contributed by atoms with van der Waals surface area (Å²) in [7, 11) is -3.40. The number of pyridine rings is 1. The topological polar surface area (TPSA) is 112 Å². The van der Waals surface area contributed by atoms with E-state index in [1.807, 2.05) is 26.0 Å². The number of carbonyl (C=O) groups is 1. The second-order valence-corrected chi connectivity index (χ2v) is 11.6. The van der Waals surface area contributed by atoms with Crippen LogP contribution in [0.3, 0.4) is 0 Å². The number of rotatable bonds is 6. The predicted octanol–water partition coefficient (Wildman–Crippen LogP) is 4.29. The van der Waals surface area contributed by atoms with Gasteiger partial charge in [0.15, 0.2) is 9.84 Å². The number of aromatic amines is 1. The summed E-state index contributed by atoms with van der Waals surface area (Å²) < 4.78 is 25.1. The van der Waals surface area contributed by atoms with Gasteiger partial charge < -0.3 is 15.4 Å². The molecule has 0 atom stereocenters. The number of aromatic nitrogens is 2. The molecule has 4 rings (SSSR count). The number of hydrogen-bond acceptors (Lipinski definition) is 5. The quantitative estimate of drug-likeness (QED) is 0.382. The molecule has 0 saturated heterocycles. The van der Waals surface area contributed by atoms with Crippen molar-refractivity contribution in [3.05, 3.63) is 59.3 Å². The van der Waals surface area contributed by atoms with Crippen molar-refractivity contribution < 1.29 is 18.3 Å². The molecule has 0 saturated carbocycles. The highest BCUT2D eigenvalue weighted by Gasteiger charge is 2.22. The Labute approximate surface area is 199 Å². The molecule has 0 fully saturated rings. The Morgan fingerprint density at radius 1 is 1.18 bits per heavy atom. The van der Waals surface area contributed by atoms with Gasteiger partial charge in [-0.25, -0.2) is 13.4 Å². The maximum Gasteiger partial charge on any atom is 0.251 e. The molecule has 3 N–H and O–H groups in total. The van der Waals surface area contributed by atoms with E-state index in [1.165, 1.54) is 0 Å². The molecule has 178 valence electrons. The van der Waals surface area contributed by atoms with Crippen molar-refractivity contribution in [2.75, 3.05) is 12.3 Å². The molecule has 0 bridgehead atoms. The Bertz CT molecular complexity index is 1530. The van der Waals surface area contributed by atoms with Crippen LogP contribution < -0.4 is 5.32 Å². The molecular weight excluding hydrogens is 450 g/mol. The normalized spacial score (nSPS) is 12.4. The highest BCUT2D eigenvalue weighted by Crippen LogP contribution is 2.38. The Hall–Kier alpha value is -3.23. The van der Waals surface area contributed by atoms with E-state index < -0.39 is 15.4 Å². The highest BCUT2D eigenvalue weighted by atomic mass is 32.2. The number of hydrogen-bond donors (Lipinski definition) is 3. The molecule has 0 radical (unpaired) electrons. The molecule has 7 nitrogen and oxygen atoms in total. The minimum atomic E-state index is -3.40. The smallest absolute Gasteiger partial charge is 0.251 e. The van der Waals surface area contributed by atoms with Crippen LogP contribution in [0, 0.1) is 13.8 Å². The fourth-order valence-corrected chi connectivity index (χ4v) is 5.00. The summed E-state index contributed by atoms with van der Waals surface area (Å²) in [6.07, 6.45) is 1.78. The number of amides is 1. The van der Waals surface area contributed by atoms with Crippen molar-refractivity contribution in [1.29, 1.82) is 0 Å². The van der Waals surface area contributed by atoms with Gasteiger partial charge in [0.05, 0.1) is 21.8 Å². The van der Waals surface area contributed by atoms with Crippen molar-refractivity contribution in [3.63, 3.8) is 0 Å².